The van der Waals surface area contributed by atoms with Crippen LogP contribution in [0.25, 0.3) is 0 Å². The summed E-state index contributed by atoms with van der Waals surface area (Å²) in [6, 6.07) is 4.12. The summed E-state index contributed by atoms with van der Waals surface area (Å²) in [4.78, 5) is 13.1. The van der Waals surface area contributed by atoms with E-state index in [4.69, 9.17) is 5.26 Å². The minimum atomic E-state index is -4.34. The molecule has 1 saturated heterocycles. The molecule has 0 amide bonds. The summed E-state index contributed by atoms with van der Waals surface area (Å²) in [5.41, 5.74) is 1.15. The number of nitrogens with zero attached hydrogens (tertiary/aromatic N) is 3. The zero-order valence-electron chi connectivity index (χ0n) is 19.3. The highest BCUT2D eigenvalue weighted by molar-refractivity contribution is 8.03. The lowest BCUT2D eigenvalue weighted by Gasteiger charge is -2.38. The molecule has 1 fully saturated rings. The fourth-order valence-electron chi connectivity index (χ4n) is 4.63. The monoisotopic (exact) mass is 498 g/mol. The molecule has 1 aromatic rings. The van der Waals surface area contributed by atoms with Crippen molar-refractivity contribution in [2.75, 3.05) is 70.4 Å². The van der Waals surface area contributed by atoms with E-state index in [1.165, 1.54) is 12.1 Å². The van der Waals surface area contributed by atoms with Crippen molar-refractivity contribution in [2.45, 2.75) is 30.3 Å². The fraction of sp³-hybridized carbons (Fsp3) is 0.583. The topological polar surface area (TPSA) is 51.2 Å². The van der Waals surface area contributed by atoms with Gasteiger partial charge >= 0.3 is 6.18 Å². The van der Waals surface area contributed by atoms with E-state index in [9.17, 15) is 13.2 Å². The standard InChI is InChI=1S/C24H33F3N4O2S/c25-24(26,27)19-6-7-23-21(18-19)31(20-4-1-2-5-22(20)34-23)11-3-10-29-13-15-30(16-14-29)12-8-28-9-17-33-32/h4-7,18,28,32H,1-3,8-17H2. The summed E-state index contributed by atoms with van der Waals surface area (Å²) in [7, 11) is 0. The van der Waals surface area contributed by atoms with Crippen LogP contribution in [-0.2, 0) is 11.1 Å². The molecule has 3 aliphatic rings. The number of piperazine rings is 1. The fourth-order valence-corrected chi connectivity index (χ4v) is 5.77. The Morgan fingerprint density at radius 1 is 0.971 bits per heavy atom. The molecule has 0 spiro atoms. The average Bonchev–Trinajstić information content (AvgIpc) is 2.83. The molecule has 0 aromatic heterocycles. The van der Waals surface area contributed by atoms with E-state index < -0.39 is 11.7 Å². The highest BCUT2D eigenvalue weighted by atomic mass is 32.2. The molecule has 1 aromatic carbocycles. The first-order chi connectivity index (χ1) is 16.5. The van der Waals surface area contributed by atoms with Crippen LogP contribution in [-0.4, -0.2) is 80.6 Å². The van der Waals surface area contributed by atoms with E-state index in [2.05, 4.69) is 37.1 Å². The number of nitrogens with one attached hydrogen (secondary N) is 1. The van der Waals surface area contributed by atoms with Gasteiger partial charge in [-0.25, -0.2) is 4.89 Å². The maximum absolute atomic E-state index is 13.4. The maximum Gasteiger partial charge on any atom is 0.416 e. The minimum Gasteiger partial charge on any atom is -0.340 e. The number of rotatable bonds is 10. The summed E-state index contributed by atoms with van der Waals surface area (Å²) in [6.07, 6.45) is 2.83. The molecule has 6 nitrogen and oxygen atoms in total. The number of hydrogen-bond donors (Lipinski definition) is 2. The van der Waals surface area contributed by atoms with Crippen molar-refractivity contribution < 1.29 is 23.3 Å². The smallest absolute Gasteiger partial charge is 0.340 e. The predicted molar refractivity (Wildman–Crippen MR) is 129 cm³/mol. The van der Waals surface area contributed by atoms with Gasteiger partial charge in [0, 0.05) is 62.2 Å². The Balaban J connectivity index is 1.31. The quantitative estimate of drug-likeness (QED) is 0.284. The van der Waals surface area contributed by atoms with E-state index in [0.29, 0.717) is 25.4 Å². The van der Waals surface area contributed by atoms with Gasteiger partial charge in [-0.05, 0) is 44.0 Å². The minimum absolute atomic E-state index is 0.291. The zero-order chi connectivity index (χ0) is 24.0. The van der Waals surface area contributed by atoms with Gasteiger partial charge in [0.15, 0.2) is 0 Å². The Hall–Kier alpha value is -1.56. The zero-order valence-corrected chi connectivity index (χ0v) is 20.1. The first kappa shape index (κ1) is 25.5. The Labute approximate surface area is 203 Å². The van der Waals surface area contributed by atoms with Crippen LogP contribution in [0.3, 0.4) is 0 Å². The van der Waals surface area contributed by atoms with Gasteiger partial charge in [0.25, 0.3) is 0 Å². The third-order valence-electron chi connectivity index (χ3n) is 6.47. The average molecular weight is 499 g/mol. The van der Waals surface area contributed by atoms with Crippen LogP contribution in [0.15, 0.2) is 45.8 Å². The number of benzene rings is 1. The van der Waals surface area contributed by atoms with Gasteiger partial charge in [0.05, 0.1) is 23.6 Å². The molecule has 0 saturated carbocycles. The van der Waals surface area contributed by atoms with Crippen molar-refractivity contribution in [1.29, 1.82) is 0 Å². The SMILES string of the molecule is OOCCNCCN1CCN(CCCN2C3=CCCC=C3Sc3ccc(C(F)(F)F)cc32)CC1. The van der Waals surface area contributed by atoms with E-state index >= 15 is 0 Å². The number of fused-ring (bicyclic) bond motifs is 2. The lowest BCUT2D eigenvalue weighted by molar-refractivity contribution is -0.240. The van der Waals surface area contributed by atoms with E-state index in [1.807, 2.05) is 0 Å². The Morgan fingerprint density at radius 2 is 1.71 bits per heavy atom. The molecule has 0 bridgehead atoms. The van der Waals surface area contributed by atoms with Crippen LogP contribution in [0.5, 0.6) is 0 Å². The number of halogens is 3. The molecule has 10 heteroatoms. The van der Waals surface area contributed by atoms with Gasteiger partial charge in [-0.2, -0.15) is 13.2 Å². The van der Waals surface area contributed by atoms with Crippen LogP contribution in [0.4, 0.5) is 18.9 Å². The van der Waals surface area contributed by atoms with Gasteiger partial charge < -0.3 is 15.1 Å². The predicted octanol–water partition coefficient (Wildman–Crippen LogP) is 4.27. The van der Waals surface area contributed by atoms with Gasteiger partial charge in [0.2, 0.25) is 0 Å². The highest BCUT2D eigenvalue weighted by Gasteiger charge is 2.34. The van der Waals surface area contributed by atoms with E-state index in [1.54, 1.807) is 17.8 Å². The molecule has 188 valence electrons. The highest BCUT2D eigenvalue weighted by Crippen LogP contribution is 2.49. The van der Waals surface area contributed by atoms with E-state index in [0.717, 1.165) is 80.6 Å². The molecule has 2 heterocycles. The van der Waals surface area contributed by atoms with Crippen molar-refractivity contribution in [1.82, 2.24) is 15.1 Å². The molecule has 34 heavy (non-hydrogen) atoms. The normalized spacial score (nSPS) is 19.5. The largest absolute Gasteiger partial charge is 0.416 e. The van der Waals surface area contributed by atoms with Gasteiger partial charge in [-0.3, -0.25) is 10.2 Å². The molecule has 4 rings (SSSR count). The van der Waals surface area contributed by atoms with Crippen molar-refractivity contribution in [3.63, 3.8) is 0 Å². The summed E-state index contributed by atoms with van der Waals surface area (Å²) in [5, 5.41) is 11.6. The van der Waals surface area contributed by atoms with Crippen molar-refractivity contribution in [3.05, 3.63) is 46.5 Å². The first-order valence-electron chi connectivity index (χ1n) is 11.9. The number of hydrogen-bond acceptors (Lipinski definition) is 7. The third-order valence-corrected chi connectivity index (χ3v) is 7.63. The summed E-state index contributed by atoms with van der Waals surface area (Å²) in [6.45, 7) is 8.40. The van der Waals surface area contributed by atoms with Gasteiger partial charge in [0.1, 0.15) is 0 Å². The molecule has 2 aliphatic heterocycles. The van der Waals surface area contributed by atoms with Crippen LogP contribution in [0, 0.1) is 0 Å². The maximum atomic E-state index is 13.4. The van der Waals surface area contributed by atoms with Crippen LogP contribution in [0.1, 0.15) is 24.8 Å². The van der Waals surface area contributed by atoms with Crippen LogP contribution < -0.4 is 10.2 Å². The number of thioether (sulfide) groups is 1. The summed E-state index contributed by atoms with van der Waals surface area (Å²) in [5.74, 6) is 0. The van der Waals surface area contributed by atoms with Crippen molar-refractivity contribution >= 4 is 17.4 Å². The molecular weight excluding hydrogens is 465 g/mol. The van der Waals surface area contributed by atoms with Gasteiger partial charge in [-0.1, -0.05) is 23.9 Å². The number of alkyl halides is 3. The summed E-state index contributed by atoms with van der Waals surface area (Å²) >= 11 is 1.58. The molecule has 1 aliphatic carbocycles. The van der Waals surface area contributed by atoms with E-state index in [-0.39, 0.29) is 0 Å². The second-order valence-corrected chi connectivity index (χ2v) is 9.87. The lowest BCUT2D eigenvalue weighted by Crippen LogP contribution is -2.48. The second kappa shape index (κ2) is 11.9. The Morgan fingerprint density at radius 3 is 2.44 bits per heavy atom. The van der Waals surface area contributed by atoms with Crippen molar-refractivity contribution in [3.8, 4) is 0 Å². The molecule has 2 N–H and O–H groups in total. The molecule has 0 atom stereocenters. The van der Waals surface area contributed by atoms with Gasteiger partial charge in [-0.15, -0.1) is 0 Å². The molecule has 0 unspecified atom stereocenters. The Kier molecular flexibility index (Phi) is 8.95. The molecule has 0 radical (unpaired) electrons. The second-order valence-electron chi connectivity index (χ2n) is 8.79. The third kappa shape index (κ3) is 6.56. The number of anilines is 1. The summed E-state index contributed by atoms with van der Waals surface area (Å²) < 4.78 is 40.2. The van der Waals surface area contributed by atoms with Crippen LogP contribution >= 0.6 is 11.8 Å². The first-order valence-corrected chi connectivity index (χ1v) is 12.8. The lowest BCUT2D eigenvalue weighted by atomic mass is 10.1. The number of allylic oxidation sites excluding steroid dienone is 2. The molecular formula is C24H33F3N4O2S. The van der Waals surface area contributed by atoms with Crippen molar-refractivity contribution in [2.24, 2.45) is 0 Å². The Bertz CT molecular complexity index is 885. The van der Waals surface area contributed by atoms with Crippen LogP contribution in [0.2, 0.25) is 0 Å².